The van der Waals surface area contributed by atoms with Crippen LogP contribution in [0.25, 0.3) is 11.0 Å². The fraction of sp³-hybridized carbons (Fsp3) is 0.806. The Morgan fingerprint density at radius 2 is 1.30 bits per heavy atom. The first-order valence-electron chi connectivity index (χ1n) is 18.7. The van der Waals surface area contributed by atoms with Gasteiger partial charge in [0.05, 0.1) is 29.4 Å². The van der Waals surface area contributed by atoms with Gasteiger partial charge in [0.1, 0.15) is 0 Å². The monoisotopic (exact) mass is 661 g/mol. The number of rotatable bonds is 31. The van der Waals surface area contributed by atoms with Crippen molar-refractivity contribution in [3.8, 4) is 0 Å². The molecule has 0 saturated heterocycles. The van der Waals surface area contributed by atoms with Crippen LogP contribution in [0, 0.1) is 10.1 Å². The molecule has 11 heteroatoms. The standard InChI is InChI=1S/C36H63N5O6/c1-2-3-4-5-6-7-8-9-10-12-15-18-21-24-33(43)31(29-42)38-34(44)25-22-19-16-13-11-14-17-20-23-28-37-30-26-27-32(41(45)46)36-35(30)39-47-40-36/h26-27,31,33,37,42-43H,2-25,28-29H2,1H3,(H,38,44)/t31-,33+/m0/s1. The van der Waals surface area contributed by atoms with Gasteiger partial charge in [0.25, 0.3) is 0 Å². The van der Waals surface area contributed by atoms with Crippen molar-refractivity contribution in [2.75, 3.05) is 18.5 Å². The van der Waals surface area contributed by atoms with E-state index in [0.717, 1.165) is 64.3 Å². The number of carbonyl (C=O) groups is 1. The van der Waals surface area contributed by atoms with Crippen molar-refractivity contribution in [1.82, 2.24) is 15.6 Å². The summed E-state index contributed by atoms with van der Waals surface area (Å²) in [4.78, 5) is 23.0. The molecule has 0 aliphatic rings. The molecule has 1 aromatic heterocycles. The maximum Gasteiger partial charge on any atom is 0.300 e. The molecule has 11 nitrogen and oxygen atoms in total. The normalized spacial score (nSPS) is 12.7. The zero-order chi connectivity index (χ0) is 34.0. The number of benzene rings is 1. The minimum Gasteiger partial charge on any atom is -0.394 e. The third-order valence-electron chi connectivity index (χ3n) is 9.10. The van der Waals surface area contributed by atoms with Gasteiger partial charge in [-0.2, -0.15) is 0 Å². The first-order chi connectivity index (χ1) is 23.0. The van der Waals surface area contributed by atoms with Crippen LogP contribution in [0.1, 0.15) is 161 Å². The first-order valence-corrected chi connectivity index (χ1v) is 18.7. The molecule has 0 fully saturated rings. The number of non-ortho nitro benzene ring substituents is 1. The van der Waals surface area contributed by atoms with Gasteiger partial charge >= 0.3 is 5.69 Å². The minimum absolute atomic E-state index is 0.0867. The summed E-state index contributed by atoms with van der Waals surface area (Å²) in [5.41, 5.74) is 1.11. The van der Waals surface area contributed by atoms with E-state index in [0.29, 0.717) is 24.0 Å². The highest BCUT2D eigenvalue weighted by Crippen LogP contribution is 2.28. The maximum atomic E-state index is 12.4. The highest BCUT2D eigenvalue weighted by molar-refractivity contribution is 5.93. The number of amides is 1. The lowest BCUT2D eigenvalue weighted by Gasteiger charge is -2.22. The summed E-state index contributed by atoms with van der Waals surface area (Å²) >= 11 is 0. The van der Waals surface area contributed by atoms with Crippen LogP contribution in [-0.4, -0.2) is 56.7 Å². The summed E-state index contributed by atoms with van der Waals surface area (Å²) in [6, 6.07) is 2.48. The zero-order valence-corrected chi connectivity index (χ0v) is 29.1. The van der Waals surface area contributed by atoms with Crippen molar-refractivity contribution in [3.05, 3.63) is 22.2 Å². The topological polar surface area (TPSA) is 164 Å². The fourth-order valence-corrected chi connectivity index (χ4v) is 6.13. The van der Waals surface area contributed by atoms with E-state index in [-0.39, 0.29) is 23.7 Å². The average Bonchev–Trinajstić information content (AvgIpc) is 3.56. The maximum absolute atomic E-state index is 12.4. The van der Waals surface area contributed by atoms with Crippen LogP contribution in [0.4, 0.5) is 11.4 Å². The van der Waals surface area contributed by atoms with E-state index < -0.39 is 17.1 Å². The van der Waals surface area contributed by atoms with Crippen LogP contribution in [0.3, 0.4) is 0 Å². The number of hydrogen-bond donors (Lipinski definition) is 4. The molecule has 0 aliphatic carbocycles. The predicted molar refractivity (Wildman–Crippen MR) is 188 cm³/mol. The van der Waals surface area contributed by atoms with Crippen LogP contribution in [0.5, 0.6) is 0 Å². The largest absolute Gasteiger partial charge is 0.394 e. The van der Waals surface area contributed by atoms with Gasteiger partial charge in [-0.3, -0.25) is 14.9 Å². The number of aliphatic hydroxyl groups is 2. The number of nitro groups is 1. The molecule has 1 aromatic carbocycles. The van der Waals surface area contributed by atoms with E-state index in [4.69, 9.17) is 4.63 Å². The zero-order valence-electron chi connectivity index (χ0n) is 29.1. The number of carbonyl (C=O) groups excluding carboxylic acids is 1. The summed E-state index contributed by atoms with van der Waals surface area (Å²) in [6.07, 6.45) is 26.7. The molecule has 1 heterocycles. The smallest absolute Gasteiger partial charge is 0.300 e. The van der Waals surface area contributed by atoms with Crippen LogP contribution in [0.15, 0.2) is 16.8 Å². The molecule has 2 rings (SSSR count). The van der Waals surface area contributed by atoms with Gasteiger partial charge in [-0.05, 0) is 35.6 Å². The van der Waals surface area contributed by atoms with Gasteiger partial charge in [0.2, 0.25) is 11.4 Å². The van der Waals surface area contributed by atoms with Crippen LogP contribution < -0.4 is 10.6 Å². The quantitative estimate of drug-likeness (QED) is 0.0351. The number of hydrogen-bond acceptors (Lipinski definition) is 9. The van der Waals surface area contributed by atoms with Crippen molar-refractivity contribution in [1.29, 1.82) is 0 Å². The molecular formula is C36H63N5O6. The Morgan fingerprint density at radius 1 is 0.787 bits per heavy atom. The molecule has 268 valence electrons. The second-order valence-electron chi connectivity index (χ2n) is 13.2. The Bertz CT molecular complexity index is 1100. The summed E-state index contributed by atoms with van der Waals surface area (Å²) in [6.45, 7) is 2.77. The molecule has 2 atom stereocenters. The second-order valence-corrected chi connectivity index (χ2v) is 13.2. The van der Waals surface area contributed by atoms with Gasteiger partial charge in [-0.15, -0.1) is 0 Å². The number of aliphatic hydroxyl groups excluding tert-OH is 2. The highest BCUT2D eigenvalue weighted by Gasteiger charge is 2.20. The van der Waals surface area contributed by atoms with E-state index in [1.807, 2.05) is 0 Å². The number of aromatic nitrogens is 2. The number of nitrogens with one attached hydrogen (secondary N) is 2. The molecular weight excluding hydrogens is 598 g/mol. The van der Waals surface area contributed by atoms with Crippen LogP contribution in [0.2, 0.25) is 0 Å². The van der Waals surface area contributed by atoms with Crippen molar-refractivity contribution in [2.45, 2.75) is 173 Å². The average molecular weight is 662 g/mol. The molecule has 0 saturated carbocycles. The lowest BCUT2D eigenvalue weighted by molar-refractivity contribution is -0.383. The first kappa shape index (κ1) is 40.4. The third kappa shape index (κ3) is 17.8. The highest BCUT2D eigenvalue weighted by atomic mass is 16.6. The van der Waals surface area contributed by atoms with Crippen molar-refractivity contribution < 1.29 is 24.6 Å². The molecule has 0 aliphatic heterocycles. The van der Waals surface area contributed by atoms with Crippen molar-refractivity contribution >= 4 is 28.3 Å². The number of anilines is 1. The van der Waals surface area contributed by atoms with E-state index in [2.05, 4.69) is 27.9 Å². The second kappa shape index (κ2) is 26.2. The SMILES string of the molecule is CCCCCCCCCCCCCCC[C@@H](O)[C@H](CO)NC(=O)CCCCCCCCCCCNc1ccc([N+](=O)[O-])c2nonc12. The van der Waals surface area contributed by atoms with Crippen LogP contribution >= 0.6 is 0 Å². The molecule has 0 spiro atoms. The lowest BCUT2D eigenvalue weighted by Crippen LogP contribution is -2.45. The number of unbranched alkanes of at least 4 members (excludes halogenated alkanes) is 20. The van der Waals surface area contributed by atoms with Gasteiger partial charge < -0.3 is 20.8 Å². The van der Waals surface area contributed by atoms with Gasteiger partial charge in [-0.25, -0.2) is 4.63 Å². The van der Waals surface area contributed by atoms with Gasteiger partial charge in [-0.1, -0.05) is 135 Å². The Balaban J connectivity index is 1.38. The van der Waals surface area contributed by atoms with E-state index >= 15 is 0 Å². The summed E-state index contributed by atoms with van der Waals surface area (Å²) in [5.74, 6) is -0.0867. The minimum atomic E-state index is -0.698. The molecule has 4 N–H and O–H groups in total. The van der Waals surface area contributed by atoms with Crippen LogP contribution in [-0.2, 0) is 4.79 Å². The molecule has 0 bridgehead atoms. The summed E-state index contributed by atoms with van der Waals surface area (Å²) in [7, 11) is 0. The Hall–Kier alpha value is -2.79. The predicted octanol–water partition coefficient (Wildman–Crippen LogP) is 8.76. The summed E-state index contributed by atoms with van der Waals surface area (Å²) < 4.78 is 4.70. The molecule has 0 unspecified atom stereocenters. The summed E-state index contributed by atoms with van der Waals surface area (Å²) in [5, 5.41) is 44.9. The van der Waals surface area contributed by atoms with Crippen molar-refractivity contribution in [3.63, 3.8) is 0 Å². The third-order valence-corrected chi connectivity index (χ3v) is 9.10. The molecule has 2 aromatic rings. The number of nitrogens with zero attached hydrogens (tertiary/aromatic N) is 3. The van der Waals surface area contributed by atoms with E-state index in [1.54, 1.807) is 6.07 Å². The lowest BCUT2D eigenvalue weighted by atomic mass is 10.0. The number of fused-ring (bicyclic) bond motifs is 1. The van der Waals surface area contributed by atoms with Crippen molar-refractivity contribution in [2.24, 2.45) is 0 Å². The van der Waals surface area contributed by atoms with Gasteiger partial charge in [0.15, 0.2) is 5.52 Å². The molecule has 47 heavy (non-hydrogen) atoms. The Kier molecular flexibility index (Phi) is 22.5. The number of nitro benzene ring substituents is 1. The molecule has 0 radical (unpaired) electrons. The Morgan fingerprint density at radius 3 is 1.85 bits per heavy atom. The fourth-order valence-electron chi connectivity index (χ4n) is 6.13. The van der Waals surface area contributed by atoms with Gasteiger partial charge in [0, 0.05) is 19.0 Å². The Labute approximate surface area is 282 Å². The van der Waals surface area contributed by atoms with E-state index in [1.165, 1.54) is 89.5 Å². The van der Waals surface area contributed by atoms with E-state index in [9.17, 15) is 25.1 Å². The molecule has 1 amide bonds.